The van der Waals surface area contributed by atoms with Crippen molar-refractivity contribution < 1.29 is 4.79 Å². The minimum Gasteiger partial charge on any atom is -0.340 e. The first-order valence-electron chi connectivity index (χ1n) is 10.3. The first-order valence-corrected chi connectivity index (χ1v) is 10.3. The number of aromatic amines is 1. The summed E-state index contributed by atoms with van der Waals surface area (Å²) < 4.78 is 1.93. The maximum atomic E-state index is 12.7. The minimum absolute atomic E-state index is 0.0258. The maximum Gasteiger partial charge on any atom is 0.274 e. The summed E-state index contributed by atoms with van der Waals surface area (Å²) in [5, 5.41) is 15.4. The topological polar surface area (TPSA) is 78.8 Å². The number of amides is 1. The van der Waals surface area contributed by atoms with E-state index in [1.165, 1.54) is 0 Å². The van der Waals surface area contributed by atoms with Gasteiger partial charge in [-0.3, -0.25) is 14.6 Å². The number of carbonyl (C=O) groups excluding carboxylic acids is 1. The SMILES string of the molecule is CN(CCCc1cc(-c2ccccc2)n[nH]1)C(=O)c1ccn(C2CCCNC2)n1. The van der Waals surface area contributed by atoms with Crippen LogP contribution in [0.2, 0.25) is 0 Å². The Labute approximate surface area is 171 Å². The van der Waals surface area contributed by atoms with Crippen molar-refractivity contribution in [2.45, 2.75) is 31.7 Å². The highest BCUT2D eigenvalue weighted by Gasteiger charge is 2.19. The summed E-state index contributed by atoms with van der Waals surface area (Å²) in [5.41, 5.74) is 3.66. The molecule has 152 valence electrons. The third kappa shape index (κ3) is 4.74. The van der Waals surface area contributed by atoms with Gasteiger partial charge >= 0.3 is 0 Å². The highest BCUT2D eigenvalue weighted by molar-refractivity contribution is 5.92. The molecule has 1 aliphatic rings. The van der Waals surface area contributed by atoms with Crippen LogP contribution in [0.3, 0.4) is 0 Å². The molecule has 1 unspecified atom stereocenters. The number of benzene rings is 1. The summed E-state index contributed by atoms with van der Waals surface area (Å²) in [7, 11) is 1.84. The van der Waals surface area contributed by atoms with E-state index in [4.69, 9.17) is 0 Å². The summed E-state index contributed by atoms with van der Waals surface area (Å²) in [5.74, 6) is -0.0258. The first-order chi connectivity index (χ1) is 14.2. The number of aromatic nitrogens is 4. The van der Waals surface area contributed by atoms with Crippen LogP contribution < -0.4 is 5.32 Å². The lowest BCUT2D eigenvalue weighted by Gasteiger charge is -2.23. The molecule has 1 saturated heterocycles. The van der Waals surface area contributed by atoms with Crippen LogP contribution in [-0.4, -0.2) is 57.5 Å². The van der Waals surface area contributed by atoms with Crippen molar-refractivity contribution in [1.29, 1.82) is 0 Å². The summed E-state index contributed by atoms with van der Waals surface area (Å²) in [4.78, 5) is 14.4. The van der Waals surface area contributed by atoms with Crippen molar-refractivity contribution in [2.75, 3.05) is 26.7 Å². The Morgan fingerprint density at radius 3 is 2.93 bits per heavy atom. The lowest BCUT2D eigenvalue weighted by molar-refractivity contribution is 0.0786. The number of hydrogen-bond acceptors (Lipinski definition) is 4. The predicted molar refractivity (Wildman–Crippen MR) is 113 cm³/mol. The molecule has 0 aliphatic carbocycles. The van der Waals surface area contributed by atoms with Crippen LogP contribution in [0.25, 0.3) is 11.3 Å². The number of nitrogens with one attached hydrogen (secondary N) is 2. The molecule has 2 N–H and O–H groups in total. The van der Waals surface area contributed by atoms with Crippen LogP contribution in [0, 0.1) is 0 Å². The summed E-state index contributed by atoms with van der Waals surface area (Å²) in [6, 6.07) is 14.4. The Morgan fingerprint density at radius 2 is 2.14 bits per heavy atom. The van der Waals surface area contributed by atoms with Gasteiger partial charge in [0.1, 0.15) is 5.69 Å². The van der Waals surface area contributed by atoms with Gasteiger partial charge in [-0.1, -0.05) is 30.3 Å². The number of hydrogen-bond donors (Lipinski definition) is 2. The van der Waals surface area contributed by atoms with E-state index in [0.717, 1.165) is 55.7 Å². The Hall–Kier alpha value is -2.93. The summed E-state index contributed by atoms with van der Waals surface area (Å²) in [6.07, 6.45) is 5.89. The molecule has 3 heterocycles. The Morgan fingerprint density at radius 1 is 1.28 bits per heavy atom. The largest absolute Gasteiger partial charge is 0.340 e. The molecule has 1 aliphatic heterocycles. The number of aryl methyl sites for hydroxylation is 1. The predicted octanol–water partition coefficient (Wildman–Crippen LogP) is 2.90. The van der Waals surface area contributed by atoms with Crippen LogP contribution in [0.1, 0.15) is 41.5 Å². The molecule has 1 fully saturated rings. The van der Waals surface area contributed by atoms with Gasteiger partial charge in [0, 0.05) is 37.6 Å². The fourth-order valence-electron chi connectivity index (χ4n) is 3.76. The second-order valence-electron chi connectivity index (χ2n) is 7.66. The van der Waals surface area contributed by atoms with Crippen molar-refractivity contribution in [3.63, 3.8) is 0 Å². The van der Waals surface area contributed by atoms with E-state index in [-0.39, 0.29) is 5.91 Å². The quantitative estimate of drug-likeness (QED) is 0.648. The standard InChI is InChI=1S/C22H28N6O/c1-27(22(29)20-11-14-28(26-20)19-10-5-12-23-16-19)13-6-9-18-15-21(25-24-18)17-7-3-2-4-8-17/h2-4,7-8,11,14-15,19,23H,5-6,9-10,12-13,16H2,1H3,(H,24,25). The lowest BCUT2D eigenvalue weighted by Crippen LogP contribution is -2.32. The van der Waals surface area contributed by atoms with Crippen LogP contribution in [0.15, 0.2) is 48.7 Å². The number of rotatable bonds is 7. The monoisotopic (exact) mass is 392 g/mol. The highest BCUT2D eigenvalue weighted by Crippen LogP contribution is 2.18. The molecule has 0 radical (unpaired) electrons. The van der Waals surface area contributed by atoms with Crippen molar-refractivity contribution in [3.05, 3.63) is 60.0 Å². The molecular weight excluding hydrogens is 364 g/mol. The van der Waals surface area contributed by atoms with Gasteiger partial charge in [0.25, 0.3) is 5.91 Å². The normalized spacial score (nSPS) is 16.7. The van der Waals surface area contributed by atoms with Gasteiger partial charge in [0.05, 0.1) is 11.7 Å². The third-order valence-corrected chi connectivity index (χ3v) is 5.46. The Bertz CT molecular complexity index is 926. The fraction of sp³-hybridized carbons (Fsp3) is 0.409. The third-order valence-electron chi connectivity index (χ3n) is 5.46. The molecule has 1 atom stereocenters. The van der Waals surface area contributed by atoms with Crippen LogP contribution in [0.4, 0.5) is 0 Å². The second-order valence-corrected chi connectivity index (χ2v) is 7.66. The lowest BCUT2D eigenvalue weighted by atomic mass is 10.1. The average molecular weight is 393 g/mol. The van der Waals surface area contributed by atoms with Gasteiger partial charge in [-0.2, -0.15) is 10.2 Å². The van der Waals surface area contributed by atoms with Crippen LogP contribution in [-0.2, 0) is 6.42 Å². The number of nitrogens with zero attached hydrogens (tertiary/aromatic N) is 4. The van der Waals surface area contributed by atoms with Gasteiger partial charge in [-0.15, -0.1) is 0 Å². The first kappa shape index (κ1) is 19.4. The van der Waals surface area contributed by atoms with Crippen LogP contribution >= 0.6 is 0 Å². The molecule has 1 amide bonds. The van der Waals surface area contributed by atoms with Gasteiger partial charge in [-0.25, -0.2) is 0 Å². The van der Waals surface area contributed by atoms with Crippen molar-refractivity contribution in [2.24, 2.45) is 0 Å². The Balaban J connectivity index is 1.27. The van der Waals surface area contributed by atoms with E-state index in [2.05, 4.69) is 38.8 Å². The number of H-pyrrole nitrogens is 1. The van der Waals surface area contributed by atoms with E-state index in [0.29, 0.717) is 18.3 Å². The maximum absolute atomic E-state index is 12.7. The van der Waals surface area contributed by atoms with Crippen molar-refractivity contribution >= 4 is 5.91 Å². The van der Waals surface area contributed by atoms with E-state index in [1.807, 2.05) is 42.2 Å². The number of carbonyl (C=O) groups is 1. The molecule has 29 heavy (non-hydrogen) atoms. The molecular formula is C22H28N6O. The molecule has 3 aromatic rings. The van der Waals surface area contributed by atoms with Crippen molar-refractivity contribution in [3.8, 4) is 11.3 Å². The smallest absolute Gasteiger partial charge is 0.274 e. The molecule has 0 bridgehead atoms. The molecule has 7 nitrogen and oxygen atoms in total. The average Bonchev–Trinajstić information content (AvgIpc) is 3.45. The molecule has 0 spiro atoms. The zero-order valence-electron chi connectivity index (χ0n) is 16.8. The highest BCUT2D eigenvalue weighted by atomic mass is 16.2. The number of piperidine rings is 1. The van der Waals surface area contributed by atoms with Crippen molar-refractivity contribution in [1.82, 2.24) is 30.2 Å². The second kappa shape index (κ2) is 9.05. The van der Waals surface area contributed by atoms with Crippen LogP contribution in [0.5, 0.6) is 0 Å². The zero-order chi connectivity index (χ0) is 20.1. The molecule has 4 rings (SSSR count). The zero-order valence-corrected chi connectivity index (χ0v) is 16.8. The van der Waals surface area contributed by atoms with Gasteiger partial charge in [-0.05, 0) is 44.4 Å². The van der Waals surface area contributed by atoms with Gasteiger partial charge < -0.3 is 10.2 Å². The molecule has 2 aromatic heterocycles. The van der Waals surface area contributed by atoms with E-state index in [1.54, 1.807) is 4.90 Å². The molecule has 7 heteroatoms. The van der Waals surface area contributed by atoms with Gasteiger partial charge in [0.2, 0.25) is 0 Å². The minimum atomic E-state index is -0.0258. The molecule has 1 aromatic carbocycles. The van der Waals surface area contributed by atoms with Gasteiger partial charge in [0.15, 0.2) is 0 Å². The van der Waals surface area contributed by atoms with E-state index >= 15 is 0 Å². The molecule has 0 saturated carbocycles. The van der Waals surface area contributed by atoms with E-state index in [9.17, 15) is 4.79 Å². The summed E-state index contributed by atoms with van der Waals surface area (Å²) in [6.45, 7) is 2.66. The van der Waals surface area contributed by atoms with E-state index < -0.39 is 0 Å². The summed E-state index contributed by atoms with van der Waals surface area (Å²) >= 11 is 0. The Kier molecular flexibility index (Phi) is 6.05. The fourth-order valence-corrected chi connectivity index (χ4v) is 3.76.